The van der Waals surface area contributed by atoms with E-state index in [4.69, 9.17) is 14.2 Å². The van der Waals surface area contributed by atoms with E-state index in [9.17, 15) is 14.4 Å². The number of rotatable bonds is 12. The molecule has 1 fully saturated rings. The Bertz CT molecular complexity index is 1320. The fourth-order valence-corrected chi connectivity index (χ4v) is 5.39. The molecule has 3 amide bonds. The second-order valence-corrected chi connectivity index (χ2v) is 11.0. The van der Waals surface area contributed by atoms with Crippen molar-refractivity contribution in [2.75, 3.05) is 38.8 Å². The highest BCUT2D eigenvalue weighted by Gasteiger charge is 2.34. The summed E-state index contributed by atoms with van der Waals surface area (Å²) in [5.41, 5.74) is 2.15. The molecule has 0 aliphatic carbocycles. The number of amides is 3. The van der Waals surface area contributed by atoms with Crippen LogP contribution in [-0.4, -0.2) is 57.7 Å². The van der Waals surface area contributed by atoms with Crippen molar-refractivity contribution in [2.24, 2.45) is 0 Å². The Kier molecular flexibility index (Phi) is 10.4. The lowest BCUT2D eigenvalue weighted by molar-refractivity contribution is -0.126. The van der Waals surface area contributed by atoms with Gasteiger partial charge in [0.25, 0.3) is 5.91 Å². The molecule has 0 unspecified atom stereocenters. The van der Waals surface area contributed by atoms with Gasteiger partial charge < -0.3 is 24.8 Å². The monoisotopic (exact) mass is 579 g/mol. The highest BCUT2D eigenvalue weighted by molar-refractivity contribution is 7.12. The third kappa shape index (κ3) is 7.45. The lowest BCUT2D eigenvalue weighted by Crippen LogP contribution is -2.48. The number of thiophene rings is 1. The van der Waals surface area contributed by atoms with Crippen LogP contribution in [0.4, 0.5) is 5.69 Å². The molecule has 0 bridgehead atoms. The van der Waals surface area contributed by atoms with E-state index in [1.54, 1.807) is 35.7 Å². The van der Waals surface area contributed by atoms with E-state index in [1.165, 1.54) is 30.5 Å². The number of methoxy groups -OCH3 is 2. The Morgan fingerprint density at radius 2 is 1.73 bits per heavy atom. The summed E-state index contributed by atoms with van der Waals surface area (Å²) in [5, 5.41) is 7.50. The molecule has 0 spiro atoms. The molecule has 9 nitrogen and oxygen atoms in total. The first-order valence-electron chi connectivity index (χ1n) is 13.7. The van der Waals surface area contributed by atoms with Gasteiger partial charge in [0, 0.05) is 18.8 Å². The van der Waals surface area contributed by atoms with Gasteiger partial charge in [-0.05, 0) is 65.6 Å². The summed E-state index contributed by atoms with van der Waals surface area (Å²) in [6, 6.07) is 15.1. The maximum absolute atomic E-state index is 14.0. The fraction of sp³-hybridized carbons (Fsp3) is 0.387. The zero-order chi connectivity index (χ0) is 29.4. The molecular formula is C31H37N3O6S. The summed E-state index contributed by atoms with van der Waals surface area (Å²) in [4.78, 5) is 42.5. The van der Waals surface area contributed by atoms with Gasteiger partial charge in [-0.2, -0.15) is 0 Å². The minimum Gasteiger partial charge on any atom is -0.493 e. The minimum atomic E-state index is -1.06. The van der Waals surface area contributed by atoms with Crippen molar-refractivity contribution in [3.05, 3.63) is 76.0 Å². The molecule has 3 aromatic rings. The maximum Gasteiger partial charge on any atom is 0.261 e. The summed E-state index contributed by atoms with van der Waals surface area (Å²) in [6.07, 6.45) is 1.72. The van der Waals surface area contributed by atoms with Gasteiger partial charge in [-0.3, -0.25) is 19.3 Å². The lowest BCUT2D eigenvalue weighted by Gasteiger charge is -2.32. The van der Waals surface area contributed by atoms with Gasteiger partial charge in [0.05, 0.1) is 31.7 Å². The molecule has 1 aliphatic rings. The van der Waals surface area contributed by atoms with Crippen molar-refractivity contribution in [1.82, 2.24) is 10.6 Å². The van der Waals surface area contributed by atoms with Gasteiger partial charge in [0.1, 0.15) is 6.04 Å². The van der Waals surface area contributed by atoms with Gasteiger partial charge in [0.15, 0.2) is 11.5 Å². The van der Waals surface area contributed by atoms with Crippen LogP contribution in [0.3, 0.4) is 0 Å². The van der Waals surface area contributed by atoms with E-state index in [0.717, 1.165) is 18.4 Å². The number of hydrogen-bond acceptors (Lipinski definition) is 7. The molecule has 4 rings (SSSR count). The van der Waals surface area contributed by atoms with Crippen molar-refractivity contribution < 1.29 is 28.6 Å². The molecule has 1 saturated heterocycles. The zero-order valence-corrected chi connectivity index (χ0v) is 24.7. The van der Waals surface area contributed by atoms with Crippen molar-refractivity contribution >= 4 is 34.7 Å². The van der Waals surface area contributed by atoms with E-state index >= 15 is 0 Å². The van der Waals surface area contributed by atoms with Gasteiger partial charge in [0.2, 0.25) is 11.8 Å². The molecule has 10 heteroatoms. The van der Waals surface area contributed by atoms with E-state index in [2.05, 4.69) is 24.5 Å². The third-order valence-electron chi connectivity index (χ3n) is 7.01. The molecule has 218 valence electrons. The molecule has 1 aliphatic heterocycles. The number of carbonyl (C=O) groups is 3. The van der Waals surface area contributed by atoms with Gasteiger partial charge in [-0.1, -0.05) is 38.1 Å². The van der Waals surface area contributed by atoms with Crippen LogP contribution < -0.4 is 25.0 Å². The van der Waals surface area contributed by atoms with Crippen molar-refractivity contribution in [2.45, 2.75) is 44.8 Å². The van der Waals surface area contributed by atoms with Crippen LogP contribution in [0.5, 0.6) is 11.5 Å². The van der Waals surface area contributed by atoms with Crippen LogP contribution in [-0.2, 0) is 14.3 Å². The van der Waals surface area contributed by atoms with Crippen molar-refractivity contribution in [3.8, 4) is 11.5 Å². The van der Waals surface area contributed by atoms with E-state index in [1.807, 2.05) is 24.3 Å². The van der Waals surface area contributed by atoms with Crippen LogP contribution >= 0.6 is 11.3 Å². The molecule has 2 heterocycles. The Hall–Kier alpha value is -3.89. The molecule has 1 aromatic heterocycles. The Morgan fingerprint density at radius 3 is 2.34 bits per heavy atom. The van der Waals surface area contributed by atoms with Crippen LogP contribution in [0, 0.1) is 0 Å². The standard InChI is InChI=1S/C31H37N3O6S/c1-20(2)21-9-12-23(13-10-21)34(28(35)19-33-30(36)27-8-6-16-41-27)29(31(37)32-18-24-7-5-15-40-24)22-11-14-25(38-3)26(17-22)39-4/h6,8-14,16-17,20,24,29H,5,7,15,18-19H2,1-4H3,(H,32,37)(H,33,36)/t24-,29-/m1/s1. The first-order valence-corrected chi connectivity index (χ1v) is 14.5. The SMILES string of the molecule is COc1ccc([C@H](C(=O)NC[C@H]2CCCO2)N(C(=O)CNC(=O)c2cccs2)c2ccc(C(C)C)cc2)cc1OC. The number of nitrogens with zero attached hydrogens (tertiary/aromatic N) is 1. The minimum absolute atomic E-state index is 0.0791. The number of hydrogen-bond donors (Lipinski definition) is 2. The smallest absolute Gasteiger partial charge is 0.261 e. The second-order valence-electron chi connectivity index (χ2n) is 10.1. The molecule has 2 aromatic carbocycles. The van der Waals surface area contributed by atoms with Gasteiger partial charge in [-0.15, -0.1) is 11.3 Å². The molecule has 2 N–H and O–H groups in total. The average Bonchev–Trinajstić information content (AvgIpc) is 3.72. The average molecular weight is 580 g/mol. The summed E-state index contributed by atoms with van der Waals surface area (Å²) >= 11 is 1.29. The van der Waals surface area contributed by atoms with E-state index < -0.39 is 11.9 Å². The second kappa shape index (κ2) is 14.1. The first kappa shape index (κ1) is 30.1. The Labute approximate surface area is 244 Å². The van der Waals surface area contributed by atoms with Crippen LogP contribution in [0.2, 0.25) is 0 Å². The Balaban J connectivity index is 1.73. The first-order chi connectivity index (χ1) is 19.8. The predicted octanol–water partition coefficient (Wildman–Crippen LogP) is 4.69. The van der Waals surface area contributed by atoms with Crippen LogP contribution in [0.25, 0.3) is 0 Å². The number of nitrogens with one attached hydrogen (secondary N) is 2. The van der Waals surface area contributed by atoms with Crippen molar-refractivity contribution in [3.63, 3.8) is 0 Å². The largest absolute Gasteiger partial charge is 0.493 e. The number of carbonyl (C=O) groups excluding carboxylic acids is 3. The summed E-state index contributed by atoms with van der Waals surface area (Å²) < 4.78 is 16.6. The quantitative estimate of drug-likeness (QED) is 0.323. The Morgan fingerprint density at radius 1 is 1.00 bits per heavy atom. The summed E-state index contributed by atoms with van der Waals surface area (Å²) in [6.45, 7) is 4.86. The van der Waals surface area contributed by atoms with E-state index in [0.29, 0.717) is 40.8 Å². The maximum atomic E-state index is 14.0. The predicted molar refractivity (Wildman–Crippen MR) is 159 cm³/mol. The summed E-state index contributed by atoms with van der Waals surface area (Å²) in [5.74, 6) is 0.0362. The van der Waals surface area contributed by atoms with Crippen molar-refractivity contribution in [1.29, 1.82) is 0 Å². The highest BCUT2D eigenvalue weighted by Crippen LogP contribution is 2.35. The van der Waals surface area contributed by atoms with Crippen LogP contribution in [0.1, 0.15) is 59.4 Å². The zero-order valence-electron chi connectivity index (χ0n) is 23.8. The number of ether oxygens (including phenoxy) is 3. The van der Waals surface area contributed by atoms with Gasteiger partial charge >= 0.3 is 0 Å². The van der Waals surface area contributed by atoms with E-state index in [-0.39, 0.29) is 30.4 Å². The molecule has 0 radical (unpaired) electrons. The lowest BCUT2D eigenvalue weighted by atomic mass is 10.00. The summed E-state index contributed by atoms with van der Waals surface area (Å²) in [7, 11) is 3.05. The molecule has 0 saturated carbocycles. The third-order valence-corrected chi connectivity index (χ3v) is 7.88. The van der Waals surface area contributed by atoms with Crippen LogP contribution in [0.15, 0.2) is 60.0 Å². The molecule has 41 heavy (non-hydrogen) atoms. The number of anilines is 1. The van der Waals surface area contributed by atoms with Gasteiger partial charge in [-0.25, -0.2) is 0 Å². The number of benzene rings is 2. The molecule has 2 atom stereocenters. The normalized spacial score (nSPS) is 15.3. The fourth-order valence-electron chi connectivity index (χ4n) is 4.75. The highest BCUT2D eigenvalue weighted by atomic mass is 32.1. The topological polar surface area (TPSA) is 106 Å². The molecular weight excluding hydrogens is 542 g/mol.